The third kappa shape index (κ3) is 5.68. The van der Waals surface area contributed by atoms with Gasteiger partial charge in [0.05, 0.1) is 23.8 Å². The molecule has 1 saturated carbocycles. The van der Waals surface area contributed by atoms with Crippen molar-refractivity contribution in [3.05, 3.63) is 35.5 Å². The number of carbonyl (C=O) groups excluding carboxylic acids is 1. The van der Waals surface area contributed by atoms with E-state index in [4.69, 9.17) is 14.7 Å². The van der Waals surface area contributed by atoms with Crippen molar-refractivity contribution in [2.24, 2.45) is 5.41 Å². The highest BCUT2D eigenvalue weighted by Gasteiger charge is 2.47. The molecule has 0 bridgehead atoms. The molecule has 2 aromatic heterocycles. The van der Waals surface area contributed by atoms with Crippen LogP contribution in [-0.2, 0) is 4.79 Å². The van der Waals surface area contributed by atoms with Crippen molar-refractivity contribution in [2.75, 3.05) is 62.2 Å². The fourth-order valence-electron chi connectivity index (χ4n) is 9.03. The minimum atomic E-state index is -4.57. The zero-order valence-electron chi connectivity index (χ0n) is 29.5. The SMILES string of the molecule is CC(=O)N1CC2(CCN(c3nc(N4CC(N5CCC[C@@H]5C#N)C4)nc4c(OCC(F)(F)F)c(-c5c(C)ccc6[nH]ncc56)c(C5CC5)cc34)CC2)C1. The molecular formula is C38H42F3N9O2. The largest absolute Gasteiger partial charge is 0.481 e. The summed E-state index contributed by atoms with van der Waals surface area (Å²) >= 11 is 0. The number of aryl methyl sites for hydroxylation is 1. The first-order valence-electron chi connectivity index (χ1n) is 18.4. The Morgan fingerprint density at radius 3 is 2.52 bits per heavy atom. The second-order valence-electron chi connectivity index (χ2n) is 15.6. The molecule has 6 heterocycles. The molecule has 5 fully saturated rings. The molecule has 4 aliphatic heterocycles. The molecule has 5 aliphatic rings. The molecule has 2 aromatic carbocycles. The van der Waals surface area contributed by atoms with Gasteiger partial charge in [0.15, 0.2) is 12.4 Å². The lowest BCUT2D eigenvalue weighted by molar-refractivity contribution is -0.153. The van der Waals surface area contributed by atoms with E-state index in [2.05, 4.69) is 37.0 Å². The molecule has 1 atom stereocenters. The van der Waals surface area contributed by atoms with E-state index >= 15 is 0 Å². The average molecular weight is 714 g/mol. The van der Waals surface area contributed by atoms with E-state index in [9.17, 15) is 23.2 Å². The Kier molecular flexibility index (Phi) is 7.80. The normalized spacial score (nSPS) is 22.2. The van der Waals surface area contributed by atoms with Crippen molar-refractivity contribution in [3.63, 3.8) is 0 Å². The van der Waals surface area contributed by atoms with Gasteiger partial charge in [-0.2, -0.15) is 28.5 Å². The van der Waals surface area contributed by atoms with E-state index in [1.54, 1.807) is 13.1 Å². The number of hydrogen-bond acceptors (Lipinski definition) is 9. The maximum Gasteiger partial charge on any atom is 0.422 e. The number of hydrogen-bond donors (Lipinski definition) is 1. The van der Waals surface area contributed by atoms with Crippen molar-refractivity contribution in [2.45, 2.75) is 76.6 Å². The number of amides is 1. The fourth-order valence-corrected chi connectivity index (χ4v) is 9.03. The number of anilines is 2. The molecular weight excluding hydrogens is 671 g/mol. The van der Waals surface area contributed by atoms with Crippen LogP contribution >= 0.6 is 0 Å². The maximum atomic E-state index is 14.1. The van der Waals surface area contributed by atoms with Gasteiger partial charge >= 0.3 is 6.18 Å². The molecule has 14 heteroatoms. The number of alkyl halides is 3. The highest BCUT2D eigenvalue weighted by Crippen LogP contribution is 2.53. The van der Waals surface area contributed by atoms with Gasteiger partial charge in [-0.1, -0.05) is 6.07 Å². The summed E-state index contributed by atoms with van der Waals surface area (Å²) in [5.41, 5.74) is 4.55. The number of benzene rings is 2. The summed E-state index contributed by atoms with van der Waals surface area (Å²) in [5, 5.41) is 18.6. The van der Waals surface area contributed by atoms with Gasteiger partial charge in [-0.15, -0.1) is 0 Å². The van der Waals surface area contributed by atoms with Crippen molar-refractivity contribution in [3.8, 4) is 22.9 Å². The number of ether oxygens (including phenoxy) is 1. The predicted molar refractivity (Wildman–Crippen MR) is 190 cm³/mol. The van der Waals surface area contributed by atoms with Crippen LogP contribution in [0.1, 0.15) is 62.5 Å². The number of halogens is 3. The lowest BCUT2D eigenvalue weighted by atomic mass is 9.72. The molecule has 1 N–H and O–H groups in total. The molecule has 9 rings (SSSR count). The van der Waals surface area contributed by atoms with Gasteiger partial charge in [-0.05, 0) is 86.7 Å². The molecule has 1 spiro atoms. The number of aromatic nitrogens is 4. The monoisotopic (exact) mass is 713 g/mol. The Hall–Kier alpha value is -4.64. The Bertz CT molecular complexity index is 2100. The van der Waals surface area contributed by atoms with Crippen LogP contribution in [0.3, 0.4) is 0 Å². The second-order valence-corrected chi connectivity index (χ2v) is 15.6. The minimum absolute atomic E-state index is 0.0830. The number of nitriles is 1. The zero-order chi connectivity index (χ0) is 35.9. The third-order valence-electron chi connectivity index (χ3n) is 12.1. The van der Waals surface area contributed by atoms with Gasteiger partial charge in [0, 0.05) is 74.0 Å². The smallest absolute Gasteiger partial charge is 0.422 e. The molecule has 0 radical (unpaired) electrons. The summed E-state index contributed by atoms with van der Waals surface area (Å²) in [5.74, 6) is 1.56. The lowest BCUT2D eigenvalue weighted by Gasteiger charge is -2.54. The first kappa shape index (κ1) is 33.2. The van der Waals surface area contributed by atoms with E-state index in [0.29, 0.717) is 54.4 Å². The van der Waals surface area contributed by atoms with Crippen LogP contribution in [0.2, 0.25) is 0 Å². The summed E-state index contributed by atoms with van der Waals surface area (Å²) in [6.45, 7) is 7.20. The zero-order valence-corrected chi connectivity index (χ0v) is 29.5. The van der Waals surface area contributed by atoms with Gasteiger partial charge in [0.2, 0.25) is 11.9 Å². The van der Waals surface area contributed by atoms with Gasteiger partial charge in [0.25, 0.3) is 0 Å². The summed E-state index contributed by atoms with van der Waals surface area (Å²) in [6.07, 6.45) is 2.65. The Morgan fingerprint density at radius 2 is 1.83 bits per heavy atom. The third-order valence-corrected chi connectivity index (χ3v) is 12.1. The number of likely N-dealkylation sites (tertiary alicyclic amines) is 2. The van der Waals surface area contributed by atoms with Crippen LogP contribution < -0.4 is 14.5 Å². The summed E-state index contributed by atoms with van der Waals surface area (Å²) in [4.78, 5) is 30.8. The molecule has 1 aliphatic carbocycles. The Balaban J connectivity index is 1.20. The van der Waals surface area contributed by atoms with Crippen LogP contribution in [0.25, 0.3) is 32.9 Å². The molecule has 4 aromatic rings. The molecule has 11 nitrogen and oxygen atoms in total. The van der Waals surface area contributed by atoms with Gasteiger partial charge in [0.1, 0.15) is 11.3 Å². The van der Waals surface area contributed by atoms with Gasteiger partial charge in [-0.3, -0.25) is 14.8 Å². The number of nitrogens with one attached hydrogen (secondary N) is 1. The van der Waals surface area contributed by atoms with Crippen LogP contribution in [-0.4, -0.2) is 107 Å². The van der Waals surface area contributed by atoms with Gasteiger partial charge < -0.3 is 19.4 Å². The van der Waals surface area contributed by atoms with Crippen LogP contribution in [0.5, 0.6) is 5.75 Å². The standard InChI is InChI=1S/C38H42F3N9O2/c1-22-5-8-30-29(16-43-46-30)31(22)32-27(24-6-7-24)14-28-33(34(32)52-21-38(39,40)41)44-36(48-17-26(18-48)50-11-3-4-25(50)15-42)45-35(28)47-12-9-37(10-13-47)19-49(20-37)23(2)51/h5,8,14,16,24-26H,3-4,6-7,9-13,17-21H2,1-2H3,(H,43,46)/t25-/m1/s1. The average Bonchev–Trinajstić information content (AvgIpc) is 3.63. The summed E-state index contributed by atoms with van der Waals surface area (Å²) in [7, 11) is 0. The molecule has 4 saturated heterocycles. The lowest BCUT2D eigenvalue weighted by Crippen LogP contribution is -2.61. The van der Waals surface area contributed by atoms with Crippen LogP contribution in [0.4, 0.5) is 24.9 Å². The van der Waals surface area contributed by atoms with Gasteiger partial charge in [-0.25, -0.2) is 4.98 Å². The first-order chi connectivity index (χ1) is 25.0. The highest BCUT2D eigenvalue weighted by atomic mass is 19.4. The van der Waals surface area contributed by atoms with Crippen molar-refractivity contribution < 1.29 is 22.7 Å². The Morgan fingerprint density at radius 1 is 1.06 bits per heavy atom. The fraction of sp³-hybridized carbons (Fsp3) is 0.553. The summed E-state index contributed by atoms with van der Waals surface area (Å²) in [6, 6.07) is 8.54. The van der Waals surface area contributed by atoms with E-state index in [1.807, 2.05) is 24.0 Å². The topological polar surface area (TPSA) is 118 Å². The highest BCUT2D eigenvalue weighted by molar-refractivity contribution is 6.06. The van der Waals surface area contributed by atoms with Crippen molar-refractivity contribution >= 4 is 39.5 Å². The number of nitrogens with zero attached hydrogens (tertiary/aromatic N) is 8. The molecule has 0 unspecified atom stereocenters. The quantitative estimate of drug-likeness (QED) is 0.249. The van der Waals surface area contributed by atoms with Crippen molar-refractivity contribution in [1.82, 2.24) is 30.0 Å². The maximum absolute atomic E-state index is 14.1. The predicted octanol–water partition coefficient (Wildman–Crippen LogP) is 5.93. The van der Waals surface area contributed by atoms with E-state index in [0.717, 1.165) is 85.8 Å². The molecule has 52 heavy (non-hydrogen) atoms. The minimum Gasteiger partial charge on any atom is -0.481 e. The Labute approximate surface area is 299 Å². The van der Waals surface area contributed by atoms with Crippen LogP contribution in [0.15, 0.2) is 24.4 Å². The molecule has 1 amide bonds. The van der Waals surface area contributed by atoms with E-state index in [1.165, 1.54) is 0 Å². The number of rotatable bonds is 7. The summed E-state index contributed by atoms with van der Waals surface area (Å²) < 4.78 is 48.2. The van der Waals surface area contributed by atoms with Crippen LogP contribution in [0, 0.1) is 23.7 Å². The van der Waals surface area contributed by atoms with Crippen molar-refractivity contribution in [1.29, 1.82) is 5.26 Å². The number of aromatic amines is 1. The number of piperidine rings is 1. The first-order valence-corrected chi connectivity index (χ1v) is 18.4. The van der Waals surface area contributed by atoms with E-state index < -0.39 is 12.8 Å². The number of carbonyl (C=O) groups is 1. The molecule has 272 valence electrons. The number of fused-ring (bicyclic) bond motifs is 2. The number of H-pyrrole nitrogens is 1. The van der Waals surface area contributed by atoms with E-state index in [-0.39, 0.29) is 35.1 Å². The second kappa shape index (κ2) is 12.2.